The topological polar surface area (TPSA) is 86.9 Å². The zero-order chi connectivity index (χ0) is 22.2. The fourth-order valence-corrected chi connectivity index (χ4v) is 5.33. The quantitative estimate of drug-likeness (QED) is 0.638. The van der Waals surface area contributed by atoms with Gasteiger partial charge in [-0.25, -0.2) is 9.59 Å². The molecular formula is C24H29Cl2N3O3. The third kappa shape index (κ3) is 4.45. The number of urea groups is 1. The predicted molar refractivity (Wildman–Crippen MR) is 129 cm³/mol. The number of rotatable bonds is 5. The first-order valence-electron chi connectivity index (χ1n) is 10.7. The van der Waals surface area contributed by atoms with Gasteiger partial charge in [0.15, 0.2) is 0 Å². The van der Waals surface area contributed by atoms with Crippen LogP contribution >= 0.6 is 24.0 Å². The molecule has 2 aromatic rings. The van der Waals surface area contributed by atoms with E-state index in [2.05, 4.69) is 13.0 Å². The van der Waals surface area contributed by atoms with Crippen molar-refractivity contribution in [1.82, 2.24) is 4.90 Å². The molecule has 8 heteroatoms. The first kappa shape index (κ1) is 24.4. The van der Waals surface area contributed by atoms with E-state index in [1.807, 2.05) is 23.1 Å². The van der Waals surface area contributed by atoms with Crippen molar-refractivity contribution in [3.63, 3.8) is 0 Å². The molecule has 4 rings (SSSR count). The SMILES string of the molecule is CC1CN(c2ccc(C(=O)O)cc2)C(=O)N1C1CCC(CN)(c2cccc(Cl)c2)CC1.Cl. The Morgan fingerprint density at radius 2 is 1.84 bits per heavy atom. The Kier molecular flexibility index (Phi) is 7.38. The molecule has 0 radical (unpaired) electrons. The number of carbonyl (C=O) groups is 2. The largest absolute Gasteiger partial charge is 0.478 e. The van der Waals surface area contributed by atoms with Crippen LogP contribution in [0.3, 0.4) is 0 Å². The minimum atomic E-state index is -0.973. The van der Waals surface area contributed by atoms with E-state index < -0.39 is 5.97 Å². The number of halogens is 2. The summed E-state index contributed by atoms with van der Waals surface area (Å²) >= 11 is 6.22. The molecule has 1 atom stereocenters. The van der Waals surface area contributed by atoms with Gasteiger partial charge < -0.3 is 15.7 Å². The zero-order valence-electron chi connectivity index (χ0n) is 18.0. The van der Waals surface area contributed by atoms with Gasteiger partial charge in [0.25, 0.3) is 0 Å². The number of nitrogens with two attached hydrogens (primary N) is 1. The number of amides is 2. The van der Waals surface area contributed by atoms with Crippen molar-refractivity contribution >= 4 is 41.7 Å². The third-order valence-corrected chi connectivity index (χ3v) is 7.17. The summed E-state index contributed by atoms with van der Waals surface area (Å²) in [6.45, 7) is 3.23. The number of anilines is 1. The molecule has 32 heavy (non-hydrogen) atoms. The van der Waals surface area contributed by atoms with Crippen LogP contribution in [-0.2, 0) is 5.41 Å². The molecule has 0 aromatic heterocycles. The monoisotopic (exact) mass is 477 g/mol. The summed E-state index contributed by atoms with van der Waals surface area (Å²) in [7, 11) is 0. The molecule has 1 unspecified atom stereocenters. The Morgan fingerprint density at radius 3 is 2.41 bits per heavy atom. The van der Waals surface area contributed by atoms with Crippen LogP contribution in [0.2, 0.25) is 5.02 Å². The van der Waals surface area contributed by atoms with Gasteiger partial charge in [0.05, 0.1) is 5.56 Å². The van der Waals surface area contributed by atoms with Crippen LogP contribution in [-0.4, -0.2) is 47.2 Å². The number of aromatic carboxylic acids is 1. The maximum atomic E-state index is 13.3. The Bertz CT molecular complexity index is 975. The Labute approximate surface area is 199 Å². The number of carboxylic acid groups (broad SMARTS) is 1. The van der Waals surface area contributed by atoms with E-state index >= 15 is 0 Å². The van der Waals surface area contributed by atoms with Crippen LogP contribution < -0.4 is 10.6 Å². The van der Waals surface area contributed by atoms with Crippen LogP contribution in [0.1, 0.15) is 48.5 Å². The van der Waals surface area contributed by atoms with Crippen molar-refractivity contribution in [1.29, 1.82) is 0 Å². The molecule has 1 aliphatic heterocycles. The molecule has 6 nitrogen and oxygen atoms in total. The van der Waals surface area contributed by atoms with E-state index in [0.717, 1.165) is 36.4 Å². The molecule has 1 heterocycles. The van der Waals surface area contributed by atoms with Gasteiger partial charge in [-0.15, -0.1) is 12.4 Å². The first-order chi connectivity index (χ1) is 14.8. The van der Waals surface area contributed by atoms with Crippen LogP contribution in [0.5, 0.6) is 0 Å². The highest BCUT2D eigenvalue weighted by Crippen LogP contribution is 2.42. The van der Waals surface area contributed by atoms with Crippen LogP contribution in [0.25, 0.3) is 0 Å². The number of nitrogens with zero attached hydrogens (tertiary/aromatic N) is 2. The molecule has 3 N–H and O–H groups in total. The lowest BCUT2D eigenvalue weighted by Crippen LogP contribution is -2.48. The minimum absolute atomic E-state index is 0. The van der Waals surface area contributed by atoms with Crippen molar-refractivity contribution in [2.24, 2.45) is 5.73 Å². The first-order valence-corrected chi connectivity index (χ1v) is 11.1. The Balaban J connectivity index is 0.00000289. The number of carboxylic acids is 1. The molecule has 1 saturated heterocycles. The normalized spacial score (nSPS) is 25.5. The summed E-state index contributed by atoms with van der Waals surface area (Å²) in [5, 5.41) is 9.83. The smallest absolute Gasteiger partial charge is 0.335 e. The van der Waals surface area contributed by atoms with Gasteiger partial charge in [-0.1, -0.05) is 23.7 Å². The second-order valence-electron chi connectivity index (χ2n) is 8.73. The van der Waals surface area contributed by atoms with E-state index in [1.54, 1.807) is 29.2 Å². The van der Waals surface area contributed by atoms with Crippen LogP contribution in [0.4, 0.5) is 10.5 Å². The number of benzene rings is 2. The summed E-state index contributed by atoms with van der Waals surface area (Å²) in [5.74, 6) is -0.973. The summed E-state index contributed by atoms with van der Waals surface area (Å²) in [5.41, 5.74) is 8.26. The molecule has 2 amide bonds. The van der Waals surface area contributed by atoms with Crippen molar-refractivity contribution in [2.45, 2.75) is 50.1 Å². The highest BCUT2D eigenvalue weighted by atomic mass is 35.5. The molecule has 2 fully saturated rings. The van der Waals surface area contributed by atoms with Gasteiger partial charge in [-0.05, 0) is 74.6 Å². The van der Waals surface area contributed by atoms with Crippen LogP contribution in [0, 0.1) is 0 Å². The summed E-state index contributed by atoms with van der Waals surface area (Å²) in [4.78, 5) is 28.1. The van der Waals surface area contributed by atoms with Gasteiger partial charge in [0.2, 0.25) is 0 Å². The van der Waals surface area contributed by atoms with E-state index in [1.165, 1.54) is 5.56 Å². The van der Waals surface area contributed by atoms with Crippen molar-refractivity contribution in [2.75, 3.05) is 18.0 Å². The second kappa shape index (κ2) is 9.69. The third-order valence-electron chi connectivity index (χ3n) is 6.93. The van der Waals surface area contributed by atoms with Gasteiger partial charge in [0.1, 0.15) is 0 Å². The lowest BCUT2D eigenvalue weighted by molar-refractivity contribution is 0.0697. The second-order valence-corrected chi connectivity index (χ2v) is 9.16. The molecule has 1 saturated carbocycles. The molecular weight excluding hydrogens is 449 g/mol. The van der Waals surface area contributed by atoms with E-state index in [9.17, 15) is 9.59 Å². The molecule has 2 aromatic carbocycles. The lowest BCUT2D eigenvalue weighted by atomic mass is 9.68. The number of carbonyl (C=O) groups excluding carboxylic acids is 1. The predicted octanol–water partition coefficient (Wildman–Crippen LogP) is 4.93. The molecule has 0 spiro atoms. The van der Waals surface area contributed by atoms with Gasteiger partial charge >= 0.3 is 12.0 Å². The van der Waals surface area contributed by atoms with Gasteiger partial charge in [-0.3, -0.25) is 4.90 Å². The Hall–Kier alpha value is -2.28. The van der Waals surface area contributed by atoms with Crippen molar-refractivity contribution < 1.29 is 14.7 Å². The summed E-state index contributed by atoms with van der Waals surface area (Å²) < 4.78 is 0. The lowest BCUT2D eigenvalue weighted by Gasteiger charge is -2.43. The molecule has 1 aliphatic carbocycles. The Morgan fingerprint density at radius 1 is 1.19 bits per heavy atom. The fourth-order valence-electron chi connectivity index (χ4n) is 5.14. The summed E-state index contributed by atoms with van der Waals surface area (Å²) in [6, 6.07) is 14.7. The maximum Gasteiger partial charge on any atom is 0.335 e. The highest BCUT2D eigenvalue weighted by molar-refractivity contribution is 6.30. The maximum absolute atomic E-state index is 13.3. The molecule has 0 bridgehead atoms. The van der Waals surface area contributed by atoms with Crippen molar-refractivity contribution in [3.05, 3.63) is 64.7 Å². The van der Waals surface area contributed by atoms with E-state index in [0.29, 0.717) is 13.1 Å². The van der Waals surface area contributed by atoms with Gasteiger partial charge in [-0.2, -0.15) is 0 Å². The summed E-state index contributed by atoms with van der Waals surface area (Å²) in [6.07, 6.45) is 3.62. The minimum Gasteiger partial charge on any atom is -0.478 e. The van der Waals surface area contributed by atoms with Gasteiger partial charge in [0, 0.05) is 41.3 Å². The van der Waals surface area contributed by atoms with Crippen molar-refractivity contribution in [3.8, 4) is 0 Å². The zero-order valence-corrected chi connectivity index (χ0v) is 19.6. The average molecular weight is 478 g/mol. The average Bonchev–Trinajstić information content (AvgIpc) is 3.07. The van der Waals surface area contributed by atoms with Crippen LogP contribution in [0.15, 0.2) is 48.5 Å². The number of hydrogen-bond acceptors (Lipinski definition) is 3. The molecule has 2 aliphatic rings. The number of hydrogen-bond donors (Lipinski definition) is 2. The molecule has 172 valence electrons. The van der Waals surface area contributed by atoms with E-state index in [4.69, 9.17) is 22.4 Å². The standard InChI is InChI=1S/C24H28ClN3O3.ClH/c1-16-14-27(20-7-5-17(6-8-20)22(29)30)23(31)28(16)21-9-11-24(15-26,12-10-21)18-3-2-4-19(25)13-18;/h2-8,13,16,21H,9-12,14-15,26H2,1H3,(H,29,30);1H. The van der Waals surface area contributed by atoms with E-state index in [-0.39, 0.29) is 41.5 Å². The fraction of sp³-hybridized carbons (Fsp3) is 0.417. The highest BCUT2D eigenvalue weighted by Gasteiger charge is 2.44.